The van der Waals surface area contributed by atoms with Crippen molar-refractivity contribution in [2.45, 2.75) is 195 Å². The van der Waals surface area contributed by atoms with Crippen LogP contribution in [-0.2, 0) is 32.1 Å². The van der Waals surface area contributed by atoms with Crippen molar-refractivity contribution in [2.75, 3.05) is 0 Å². The Hall–Kier alpha value is -6.72. The summed E-state index contributed by atoms with van der Waals surface area (Å²) in [6.07, 6.45) is 29.1. The van der Waals surface area contributed by atoms with Gasteiger partial charge in [0.25, 0.3) is 0 Å². The molecule has 7 aromatic rings. The zero-order chi connectivity index (χ0) is 58.3. The third kappa shape index (κ3) is 21.5. The minimum atomic E-state index is 0.626. The quantitative estimate of drug-likeness (QED) is 0.0306. The van der Waals surface area contributed by atoms with Crippen LogP contribution in [0.3, 0.4) is 0 Å². The van der Waals surface area contributed by atoms with Crippen molar-refractivity contribution in [2.24, 2.45) is 0 Å². The van der Waals surface area contributed by atoms with Gasteiger partial charge in [0.15, 0.2) is 11.4 Å². The van der Waals surface area contributed by atoms with E-state index in [1.807, 2.05) is 48.5 Å². The first-order valence-corrected chi connectivity index (χ1v) is 34.6. The highest BCUT2D eigenvalue weighted by Gasteiger charge is 2.13. The summed E-state index contributed by atoms with van der Waals surface area (Å²) >= 11 is 8.61. The summed E-state index contributed by atoms with van der Waals surface area (Å²) in [6.45, 7) is 25.9. The largest absolute Gasteiger partial charge is 0.238 e. The summed E-state index contributed by atoms with van der Waals surface area (Å²) in [5.41, 5.74) is 9.58. The Bertz CT molecular complexity index is 3680. The maximum Gasteiger partial charge on any atom is 0.187 e. The van der Waals surface area contributed by atoms with Gasteiger partial charge >= 0.3 is 0 Å². The molecule has 0 radical (unpaired) electrons. The molecule has 83 heavy (non-hydrogen) atoms. The van der Waals surface area contributed by atoms with Gasteiger partial charge in [-0.3, -0.25) is 0 Å². The molecule has 0 aliphatic heterocycles. The molecule has 5 heterocycles. The molecule has 5 aromatic heterocycles. The fourth-order valence-electron chi connectivity index (χ4n) is 9.60. The monoisotopic (exact) mass is 1180 g/mol. The van der Waals surface area contributed by atoms with Crippen molar-refractivity contribution >= 4 is 68.1 Å². The molecule has 7 rings (SSSR count). The lowest BCUT2D eigenvalue weighted by Crippen LogP contribution is -1.87. The van der Waals surface area contributed by atoms with Crippen LogP contribution in [0.25, 0.3) is 9.69 Å². The van der Waals surface area contributed by atoms with Crippen LogP contribution in [0, 0.1) is 84.2 Å². The number of unbranched alkanes of at least 4 members (excludes halogenated alkanes) is 15. The van der Waals surface area contributed by atoms with Crippen LogP contribution in [0.2, 0.25) is 0 Å². The molecule has 0 spiro atoms. The molecule has 0 N–H and O–H groups in total. The maximum atomic E-state index is 7.31. The minimum absolute atomic E-state index is 0.626. The molecule has 7 heteroatoms. The van der Waals surface area contributed by atoms with Gasteiger partial charge in [0, 0.05) is 11.1 Å². The Morgan fingerprint density at radius 2 is 0.494 bits per heavy atom. The van der Waals surface area contributed by atoms with Crippen LogP contribution in [0.15, 0.2) is 78.9 Å². The van der Waals surface area contributed by atoms with Crippen molar-refractivity contribution in [1.82, 2.24) is 0 Å². The molecule has 0 saturated heterocycles. The molecule has 0 fully saturated rings. The molecule has 0 saturated carbocycles. The number of thiophene rings is 5. The summed E-state index contributed by atoms with van der Waals surface area (Å²) in [6, 6.07) is 26.5. The number of hydrogen-bond donors (Lipinski definition) is 0. The minimum Gasteiger partial charge on any atom is -0.238 e. The predicted octanol–water partition coefficient (Wildman–Crippen LogP) is 22.1. The van der Waals surface area contributed by atoms with Gasteiger partial charge in [0.05, 0.1) is 61.9 Å². The smallest absolute Gasteiger partial charge is 0.187 e. The lowest BCUT2D eigenvalue weighted by Gasteiger charge is -2.00. The molecule has 0 atom stereocenters. The van der Waals surface area contributed by atoms with E-state index in [-0.39, 0.29) is 0 Å². The summed E-state index contributed by atoms with van der Waals surface area (Å²) < 4.78 is 0. The zero-order valence-corrected chi connectivity index (χ0v) is 53.7. The van der Waals surface area contributed by atoms with Crippen LogP contribution < -0.4 is 0 Å². The SMILES string of the molecule is [C-]#[N+]c1ccc(C#Cc2cc(CCCCCC)c(C#Cc3cc(CCCCCC)c(C#Cc4cc(CCCCCC)c(C#Cc5sc(C#Cc6sc(C#Cc7ccc([N+]#[C-])cc7)cc6CCCCCC)cc5CCCCCC)s4)s3)s2)cc1. The summed E-state index contributed by atoms with van der Waals surface area (Å²) in [5.74, 6) is 42.8. The summed E-state index contributed by atoms with van der Waals surface area (Å²) in [5, 5.41) is 0. The molecule has 0 unspecified atom stereocenters. The molecule has 2 nitrogen and oxygen atoms in total. The first-order valence-electron chi connectivity index (χ1n) is 30.5. The second kappa shape index (κ2) is 36.1. The van der Waals surface area contributed by atoms with Crippen molar-refractivity contribution in [1.29, 1.82) is 0 Å². The molecule has 0 bridgehead atoms. The summed E-state index contributed by atoms with van der Waals surface area (Å²) in [4.78, 5) is 17.9. The number of rotatable bonds is 25. The first kappa shape index (κ1) is 63.9. The number of benzene rings is 2. The molecular weight excluding hydrogens is 1100 g/mol. The molecule has 422 valence electrons. The zero-order valence-electron chi connectivity index (χ0n) is 49.6. The van der Waals surface area contributed by atoms with Gasteiger partial charge in [0.1, 0.15) is 0 Å². The lowest BCUT2D eigenvalue weighted by molar-refractivity contribution is 0.667. The van der Waals surface area contributed by atoms with E-state index in [2.05, 4.69) is 146 Å². The molecular formula is C76H78N2S5. The Balaban J connectivity index is 1.18. The normalized spacial score (nSPS) is 10.3. The second-order valence-electron chi connectivity index (χ2n) is 21.2. The van der Waals surface area contributed by atoms with E-state index >= 15 is 0 Å². The number of aryl methyl sites for hydroxylation is 5. The van der Waals surface area contributed by atoms with Crippen molar-refractivity contribution in [3.63, 3.8) is 0 Å². The van der Waals surface area contributed by atoms with Crippen molar-refractivity contribution in [3.8, 4) is 71.0 Å². The third-order valence-electron chi connectivity index (χ3n) is 14.4. The molecule has 0 aliphatic rings. The van der Waals surface area contributed by atoms with E-state index in [1.54, 1.807) is 56.7 Å². The fraction of sp³-hybridized carbons (Fsp3) is 0.395. The van der Waals surface area contributed by atoms with Gasteiger partial charge in [-0.25, -0.2) is 9.69 Å². The summed E-state index contributed by atoms with van der Waals surface area (Å²) in [7, 11) is 0. The fourth-order valence-corrected chi connectivity index (χ4v) is 14.2. The van der Waals surface area contributed by atoms with E-state index < -0.39 is 0 Å². The Labute approximate surface area is 519 Å². The van der Waals surface area contributed by atoms with Crippen LogP contribution in [0.5, 0.6) is 0 Å². The Morgan fingerprint density at radius 1 is 0.277 bits per heavy atom. The number of hydrogen-bond acceptors (Lipinski definition) is 5. The van der Waals surface area contributed by atoms with Crippen LogP contribution in [0.1, 0.15) is 251 Å². The van der Waals surface area contributed by atoms with E-state index in [4.69, 9.17) is 13.1 Å². The maximum absolute atomic E-state index is 7.31. The average molecular weight is 1180 g/mol. The Morgan fingerprint density at radius 3 is 0.711 bits per heavy atom. The standard InChI is InChI=1S/C76H78N2S5/c1-8-13-18-23-28-60-53-67(43-37-58-33-39-65(77-6)40-34-58)79-72(60)48-45-69-55-62(30-25-20-15-10-3)74(81-69)50-47-71-57-64(32-27-22-17-12-5)76(83-71)52-51-75-63(31-26-21-16-11-4)56-70(82-75)46-49-73-61(29-24-19-14-9-2)54-68(80-73)44-38-59-35-41-66(78-7)42-36-59/h33-36,39-42,53-57H,8-32H2,1-5H3. The van der Waals surface area contributed by atoms with Gasteiger partial charge in [-0.1, -0.05) is 203 Å². The highest BCUT2D eigenvalue weighted by Crippen LogP contribution is 2.31. The highest BCUT2D eigenvalue weighted by molar-refractivity contribution is 7.15. The molecule has 0 aliphatic carbocycles. The Kier molecular flexibility index (Phi) is 27.8. The lowest BCUT2D eigenvalue weighted by atomic mass is 10.1. The van der Waals surface area contributed by atoms with Crippen molar-refractivity contribution in [3.05, 3.63) is 189 Å². The van der Waals surface area contributed by atoms with Gasteiger partial charge in [-0.15, -0.1) is 56.7 Å². The van der Waals surface area contributed by atoms with E-state index in [1.165, 1.54) is 124 Å². The third-order valence-corrected chi connectivity index (χ3v) is 19.4. The average Bonchev–Trinajstić information content (AvgIpc) is 4.56. The van der Waals surface area contributed by atoms with Crippen molar-refractivity contribution < 1.29 is 0 Å². The number of nitrogens with zero attached hydrogens (tertiary/aromatic N) is 2. The van der Waals surface area contributed by atoms with Gasteiger partial charge in [-0.2, -0.15) is 0 Å². The predicted molar refractivity (Wildman–Crippen MR) is 362 cm³/mol. The van der Waals surface area contributed by atoms with Crippen LogP contribution >= 0.6 is 56.7 Å². The van der Waals surface area contributed by atoms with E-state index in [9.17, 15) is 0 Å². The topological polar surface area (TPSA) is 8.72 Å². The van der Waals surface area contributed by atoms with Crippen LogP contribution in [-0.4, -0.2) is 0 Å². The molecule has 2 aromatic carbocycles. The van der Waals surface area contributed by atoms with Gasteiger partial charge in [0.2, 0.25) is 0 Å². The van der Waals surface area contributed by atoms with Crippen LogP contribution in [0.4, 0.5) is 11.4 Å². The highest BCUT2D eigenvalue weighted by atomic mass is 32.1. The first-order chi connectivity index (χ1) is 40.8. The van der Waals surface area contributed by atoms with E-state index in [0.717, 1.165) is 124 Å². The van der Waals surface area contributed by atoms with E-state index in [0.29, 0.717) is 11.4 Å². The van der Waals surface area contributed by atoms with Gasteiger partial charge < -0.3 is 0 Å². The molecule has 0 amide bonds. The van der Waals surface area contributed by atoms with Gasteiger partial charge in [-0.05, 0) is 170 Å². The second-order valence-corrected chi connectivity index (χ2v) is 26.5.